The smallest absolute Gasteiger partial charge is 0.326 e. The van der Waals surface area contributed by atoms with E-state index in [2.05, 4.69) is 20.5 Å². The lowest BCUT2D eigenvalue weighted by Gasteiger charge is -2.27. The third-order valence-corrected chi connectivity index (χ3v) is 3.63. The zero-order chi connectivity index (χ0) is 15.1. The Labute approximate surface area is 122 Å². The van der Waals surface area contributed by atoms with Crippen LogP contribution in [0.2, 0.25) is 0 Å². The van der Waals surface area contributed by atoms with Crippen molar-refractivity contribution < 1.29 is 14.7 Å². The normalized spacial score (nSPS) is 19.0. The first-order valence-electron chi connectivity index (χ1n) is 7.30. The highest BCUT2D eigenvalue weighted by atomic mass is 16.4. The Hall–Kier alpha value is -2.12. The summed E-state index contributed by atoms with van der Waals surface area (Å²) in [6.07, 6.45) is 6.08. The number of carbonyl (C=O) groups excluding carboxylic acids is 1. The van der Waals surface area contributed by atoms with Crippen molar-refractivity contribution in [2.45, 2.75) is 44.6 Å². The molecule has 3 N–H and O–H groups in total. The van der Waals surface area contributed by atoms with Crippen molar-refractivity contribution in [2.75, 3.05) is 13.1 Å². The van der Waals surface area contributed by atoms with Crippen LogP contribution < -0.4 is 5.32 Å². The maximum Gasteiger partial charge on any atom is 0.326 e. The molecular weight excluding hydrogens is 274 g/mol. The summed E-state index contributed by atoms with van der Waals surface area (Å²) in [5.41, 5.74) is 0. The van der Waals surface area contributed by atoms with Crippen LogP contribution in [0.15, 0.2) is 6.33 Å². The van der Waals surface area contributed by atoms with E-state index in [9.17, 15) is 14.7 Å². The van der Waals surface area contributed by atoms with Gasteiger partial charge in [-0.2, -0.15) is 5.10 Å². The van der Waals surface area contributed by atoms with E-state index in [4.69, 9.17) is 0 Å². The molecule has 0 spiro atoms. The maximum absolute atomic E-state index is 12.1. The average molecular weight is 295 g/mol. The van der Waals surface area contributed by atoms with Gasteiger partial charge in [0, 0.05) is 19.5 Å². The number of hydrogen-bond donors (Lipinski definition) is 3. The summed E-state index contributed by atoms with van der Waals surface area (Å²) < 4.78 is 0. The van der Waals surface area contributed by atoms with E-state index < -0.39 is 12.0 Å². The number of carboxylic acid groups (broad SMARTS) is 1. The van der Waals surface area contributed by atoms with Crippen LogP contribution in [-0.2, 0) is 11.2 Å². The molecule has 2 rings (SSSR count). The lowest BCUT2D eigenvalue weighted by molar-refractivity contribution is -0.142. The van der Waals surface area contributed by atoms with Gasteiger partial charge in [-0.1, -0.05) is 12.8 Å². The zero-order valence-electron chi connectivity index (χ0n) is 11.9. The molecule has 1 atom stereocenters. The maximum atomic E-state index is 12.1. The topological polar surface area (TPSA) is 111 Å². The quantitative estimate of drug-likeness (QED) is 0.695. The lowest BCUT2D eigenvalue weighted by atomic mass is 10.1. The molecule has 1 fully saturated rings. The van der Waals surface area contributed by atoms with Gasteiger partial charge in [-0.05, 0) is 19.3 Å². The van der Waals surface area contributed by atoms with Gasteiger partial charge < -0.3 is 15.3 Å². The molecule has 1 aromatic heterocycles. The number of rotatable bonds is 5. The largest absolute Gasteiger partial charge is 0.480 e. The Balaban J connectivity index is 1.78. The van der Waals surface area contributed by atoms with Crippen LogP contribution in [-0.4, -0.2) is 56.3 Å². The molecule has 1 saturated heterocycles. The molecule has 1 unspecified atom stereocenters. The molecule has 8 heteroatoms. The van der Waals surface area contributed by atoms with Crippen LogP contribution in [0.25, 0.3) is 0 Å². The highest BCUT2D eigenvalue weighted by Crippen LogP contribution is 2.17. The zero-order valence-corrected chi connectivity index (χ0v) is 11.9. The second-order valence-electron chi connectivity index (χ2n) is 5.16. The number of urea groups is 1. The average Bonchev–Trinajstić information content (AvgIpc) is 2.84. The molecule has 1 aliphatic heterocycles. The fourth-order valence-electron chi connectivity index (χ4n) is 2.51. The number of carbonyl (C=O) groups is 2. The highest BCUT2D eigenvalue weighted by Gasteiger charge is 2.30. The number of H-pyrrole nitrogens is 1. The van der Waals surface area contributed by atoms with Crippen molar-refractivity contribution in [2.24, 2.45) is 0 Å². The van der Waals surface area contributed by atoms with Gasteiger partial charge in [0.1, 0.15) is 18.2 Å². The van der Waals surface area contributed by atoms with E-state index in [0.29, 0.717) is 25.9 Å². The molecule has 2 amide bonds. The Morgan fingerprint density at radius 1 is 1.43 bits per heavy atom. The van der Waals surface area contributed by atoms with E-state index in [1.54, 1.807) is 0 Å². The van der Waals surface area contributed by atoms with Crippen molar-refractivity contribution in [3.05, 3.63) is 12.2 Å². The van der Waals surface area contributed by atoms with Crippen molar-refractivity contribution in [3.8, 4) is 0 Å². The summed E-state index contributed by atoms with van der Waals surface area (Å²) in [6.45, 7) is 0.993. The summed E-state index contributed by atoms with van der Waals surface area (Å²) >= 11 is 0. The molecule has 0 radical (unpaired) electrons. The van der Waals surface area contributed by atoms with Crippen molar-refractivity contribution in [1.82, 2.24) is 25.4 Å². The minimum atomic E-state index is -0.922. The van der Waals surface area contributed by atoms with Crippen LogP contribution >= 0.6 is 0 Å². The van der Waals surface area contributed by atoms with Gasteiger partial charge in [-0.15, -0.1) is 0 Å². The van der Waals surface area contributed by atoms with Gasteiger partial charge in [0.2, 0.25) is 0 Å². The molecule has 8 nitrogen and oxygen atoms in total. The van der Waals surface area contributed by atoms with E-state index in [1.807, 2.05) is 0 Å². The van der Waals surface area contributed by atoms with E-state index in [-0.39, 0.29) is 6.03 Å². The van der Waals surface area contributed by atoms with Crippen LogP contribution in [0.1, 0.15) is 37.9 Å². The van der Waals surface area contributed by atoms with Gasteiger partial charge in [-0.3, -0.25) is 5.10 Å². The lowest BCUT2D eigenvalue weighted by Crippen LogP contribution is -2.49. The van der Waals surface area contributed by atoms with Gasteiger partial charge in [0.25, 0.3) is 0 Å². The summed E-state index contributed by atoms with van der Waals surface area (Å²) in [5.74, 6) is -0.142. The number of nitrogens with one attached hydrogen (secondary N) is 2. The molecule has 0 saturated carbocycles. The molecule has 2 heterocycles. The Kier molecular flexibility index (Phi) is 5.53. The minimum absolute atomic E-state index is 0.290. The van der Waals surface area contributed by atoms with Crippen LogP contribution in [0.5, 0.6) is 0 Å². The molecule has 21 heavy (non-hydrogen) atoms. The fourth-order valence-corrected chi connectivity index (χ4v) is 2.51. The van der Waals surface area contributed by atoms with E-state index in [0.717, 1.165) is 31.5 Å². The summed E-state index contributed by atoms with van der Waals surface area (Å²) in [4.78, 5) is 28.9. The predicted molar refractivity (Wildman–Crippen MR) is 74.7 cm³/mol. The predicted octanol–water partition coefficient (Wildman–Crippen LogP) is 0.776. The Morgan fingerprint density at radius 3 is 3.00 bits per heavy atom. The van der Waals surface area contributed by atoms with Crippen molar-refractivity contribution >= 4 is 12.0 Å². The monoisotopic (exact) mass is 295 g/mol. The molecule has 0 aliphatic carbocycles. The molecule has 1 aliphatic rings. The van der Waals surface area contributed by atoms with E-state index >= 15 is 0 Å². The number of carboxylic acids is 1. The third-order valence-electron chi connectivity index (χ3n) is 3.63. The number of hydrogen-bond acceptors (Lipinski definition) is 4. The Morgan fingerprint density at radius 2 is 2.29 bits per heavy atom. The first-order chi connectivity index (χ1) is 10.2. The van der Waals surface area contributed by atoms with Gasteiger partial charge in [0.15, 0.2) is 0 Å². The number of aromatic amines is 1. The SMILES string of the molecule is O=C(O)C1CCCCCN1C(=O)NCCCc1ncn[nH]1. The fraction of sp³-hybridized carbons (Fsp3) is 0.692. The van der Waals surface area contributed by atoms with Crippen LogP contribution in [0, 0.1) is 0 Å². The number of nitrogens with zero attached hydrogens (tertiary/aromatic N) is 3. The minimum Gasteiger partial charge on any atom is -0.480 e. The number of aryl methyl sites for hydroxylation is 1. The summed E-state index contributed by atoms with van der Waals surface area (Å²) in [5, 5.41) is 18.5. The van der Waals surface area contributed by atoms with Crippen molar-refractivity contribution in [1.29, 1.82) is 0 Å². The highest BCUT2D eigenvalue weighted by molar-refractivity contribution is 5.82. The molecule has 1 aromatic rings. The second-order valence-corrected chi connectivity index (χ2v) is 5.16. The first-order valence-corrected chi connectivity index (χ1v) is 7.30. The van der Waals surface area contributed by atoms with Gasteiger partial charge >= 0.3 is 12.0 Å². The Bertz CT molecular complexity index is 462. The number of likely N-dealkylation sites (tertiary alicyclic amines) is 1. The van der Waals surface area contributed by atoms with Crippen molar-refractivity contribution in [3.63, 3.8) is 0 Å². The number of aromatic nitrogens is 3. The second kappa shape index (κ2) is 7.61. The first kappa shape index (κ1) is 15.3. The molecule has 0 aromatic carbocycles. The molecule has 116 valence electrons. The standard InChI is InChI=1S/C13H21N5O3/c19-12(20)10-5-2-1-3-8-18(10)13(21)14-7-4-6-11-15-9-16-17-11/h9-10H,1-8H2,(H,14,21)(H,19,20)(H,15,16,17). The van der Waals surface area contributed by atoms with Crippen LogP contribution in [0.3, 0.4) is 0 Å². The summed E-state index contributed by atoms with van der Waals surface area (Å²) in [6, 6.07) is -0.997. The molecule has 0 bridgehead atoms. The van der Waals surface area contributed by atoms with Gasteiger partial charge in [0.05, 0.1) is 0 Å². The third kappa shape index (κ3) is 4.44. The molecular formula is C13H21N5O3. The summed E-state index contributed by atoms with van der Waals surface area (Å²) in [7, 11) is 0. The van der Waals surface area contributed by atoms with Gasteiger partial charge in [-0.25, -0.2) is 14.6 Å². The number of aliphatic carboxylic acids is 1. The van der Waals surface area contributed by atoms with Crippen LogP contribution in [0.4, 0.5) is 4.79 Å². The number of amides is 2. The van der Waals surface area contributed by atoms with E-state index in [1.165, 1.54) is 11.2 Å².